The fourth-order valence-corrected chi connectivity index (χ4v) is 3.80. The molecule has 5 heteroatoms. The Kier molecular flexibility index (Phi) is 6.00. The summed E-state index contributed by atoms with van der Waals surface area (Å²) in [7, 11) is 0. The zero-order chi connectivity index (χ0) is 17.8. The predicted molar refractivity (Wildman–Crippen MR) is 101 cm³/mol. The zero-order valence-corrected chi connectivity index (χ0v) is 15.4. The first-order valence-electron chi connectivity index (χ1n) is 8.49. The predicted octanol–water partition coefficient (Wildman–Crippen LogP) is 4.51. The molecule has 1 amide bonds. The maximum absolute atomic E-state index is 12.5. The summed E-state index contributed by atoms with van der Waals surface area (Å²) >= 11 is 12.1. The van der Waals surface area contributed by atoms with Crippen LogP contribution in [0.25, 0.3) is 0 Å². The number of amides is 1. The number of likely N-dealkylation sites (tertiary alicyclic amines) is 1. The van der Waals surface area contributed by atoms with Gasteiger partial charge in [-0.05, 0) is 42.0 Å². The molecule has 0 aromatic heterocycles. The molecule has 1 aliphatic rings. The van der Waals surface area contributed by atoms with Gasteiger partial charge in [0.2, 0.25) is 5.91 Å². The average molecular weight is 378 g/mol. The van der Waals surface area contributed by atoms with Crippen LogP contribution in [-0.4, -0.2) is 29.0 Å². The van der Waals surface area contributed by atoms with Gasteiger partial charge in [0.05, 0.1) is 12.5 Å². The lowest BCUT2D eigenvalue weighted by molar-refractivity contribution is -0.132. The van der Waals surface area contributed by atoms with E-state index >= 15 is 0 Å². The van der Waals surface area contributed by atoms with Crippen LogP contribution in [0.1, 0.15) is 30.1 Å². The van der Waals surface area contributed by atoms with Crippen molar-refractivity contribution in [2.24, 2.45) is 5.92 Å². The minimum atomic E-state index is -0.468. The average Bonchev–Trinajstić information content (AvgIpc) is 2.64. The van der Waals surface area contributed by atoms with Crippen LogP contribution in [-0.2, 0) is 11.2 Å². The monoisotopic (exact) mass is 377 g/mol. The third-order valence-electron chi connectivity index (χ3n) is 4.84. The smallest absolute Gasteiger partial charge is 0.227 e. The van der Waals surface area contributed by atoms with Gasteiger partial charge in [-0.15, -0.1) is 0 Å². The summed E-state index contributed by atoms with van der Waals surface area (Å²) in [5, 5.41) is 11.6. The number of hydrogen-bond acceptors (Lipinski definition) is 2. The lowest BCUT2D eigenvalue weighted by atomic mass is 9.87. The van der Waals surface area contributed by atoms with Crippen LogP contribution in [0.2, 0.25) is 10.0 Å². The molecular formula is C20H21Cl2NO2. The molecule has 132 valence electrons. The van der Waals surface area contributed by atoms with Gasteiger partial charge in [-0.25, -0.2) is 0 Å². The maximum Gasteiger partial charge on any atom is 0.227 e. The zero-order valence-electron chi connectivity index (χ0n) is 13.9. The van der Waals surface area contributed by atoms with Gasteiger partial charge in [-0.2, -0.15) is 0 Å². The van der Waals surface area contributed by atoms with E-state index in [0.29, 0.717) is 23.1 Å². The van der Waals surface area contributed by atoms with E-state index < -0.39 is 6.10 Å². The Morgan fingerprint density at radius 2 is 1.80 bits per heavy atom. The Labute approximate surface area is 158 Å². The van der Waals surface area contributed by atoms with Crippen LogP contribution in [0.3, 0.4) is 0 Å². The number of aliphatic hydroxyl groups excluding tert-OH is 1. The minimum Gasteiger partial charge on any atom is -0.388 e. The van der Waals surface area contributed by atoms with Gasteiger partial charge in [-0.3, -0.25) is 4.79 Å². The largest absolute Gasteiger partial charge is 0.388 e. The second-order valence-electron chi connectivity index (χ2n) is 6.49. The number of carbonyl (C=O) groups is 1. The SMILES string of the molecule is O=C(Cc1ccc(Cl)cc1Cl)N1CCC(C(O)c2ccccc2)CC1. The summed E-state index contributed by atoms with van der Waals surface area (Å²) in [6.07, 6.45) is 1.41. The van der Waals surface area contributed by atoms with Crippen LogP contribution in [0, 0.1) is 5.92 Å². The summed E-state index contributed by atoms with van der Waals surface area (Å²) in [6.45, 7) is 1.33. The maximum atomic E-state index is 12.5. The second-order valence-corrected chi connectivity index (χ2v) is 7.33. The van der Waals surface area contributed by atoms with Crippen LogP contribution >= 0.6 is 23.2 Å². The summed E-state index contributed by atoms with van der Waals surface area (Å²) in [5.41, 5.74) is 1.74. The highest BCUT2D eigenvalue weighted by molar-refractivity contribution is 6.35. The summed E-state index contributed by atoms with van der Waals surface area (Å²) in [6, 6.07) is 14.9. The van der Waals surface area contributed by atoms with Gasteiger partial charge in [-0.1, -0.05) is 59.6 Å². The molecule has 1 fully saturated rings. The number of hydrogen-bond donors (Lipinski definition) is 1. The first-order chi connectivity index (χ1) is 12.0. The number of benzene rings is 2. The molecule has 0 radical (unpaired) electrons. The summed E-state index contributed by atoms with van der Waals surface area (Å²) in [4.78, 5) is 14.4. The molecule has 1 N–H and O–H groups in total. The molecule has 0 bridgehead atoms. The number of aliphatic hydroxyl groups is 1. The van der Waals surface area contributed by atoms with E-state index in [4.69, 9.17) is 23.2 Å². The van der Waals surface area contributed by atoms with Crippen LogP contribution < -0.4 is 0 Å². The highest BCUT2D eigenvalue weighted by Gasteiger charge is 2.28. The molecule has 25 heavy (non-hydrogen) atoms. The number of carbonyl (C=O) groups excluding carboxylic acids is 1. The van der Waals surface area contributed by atoms with Gasteiger partial charge < -0.3 is 10.0 Å². The Morgan fingerprint density at radius 1 is 1.12 bits per heavy atom. The van der Waals surface area contributed by atoms with Crippen molar-refractivity contribution >= 4 is 29.1 Å². The van der Waals surface area contributed by atoms with Crippen molar-refractivity contribution < 1.29 is 9.90 Å². The van der Waals surface area contributed by atoms with E-state index in [1.54, 1.807) is 18.2 Å². The molecule has 1 aliphatic heterocycles. The van der Waals surface area contributed by atoms with Gasteiger partial charge in [0.1, 0.15) is 0 Å². The Hall–Kier alpha value is -1.55. The first-order valence-corrected chi connectivity index (χ1v) is 9.25. The van der Waals surface area contributed by atoms with Crippen molar-refractivity contribution in [3.63, 3.8) is 0 Å². The van der Waals surface area contributed by atoms with E-state index in [1.807, 2.05) is 35.2 Å². The van der Waals surface area contributed by atoms with Crippen molar-refractivity contribution in [2.75, 3.05) is 13.1 Å². The fraction of sp³-hybridized carbons (Fsp3) is 0.350. The molecule has 2 aromatic carbocycles. The van der Waals surface area contributed by atoms with Crippen molar-refractivity contribution in [1.82, 2.24) is 4.90 Å². The molecule has 1 saturated heterocycles. The third kappa shape index (κ3) is 4.55. The lowest BCUT2D eigenvalue weighted by Crippen LogP contribution is -2.40. The normalized spacial score (nSPS) is 16.7. The van der Waals surface area contributed by atoms with Gasteiger partial charge in [0.25, 0.3) is 0 Å². The van der Waals surface area contributed by atoms with Crippen molar-refractivity contribution in [3.05, 3.63) is 69.7 Å². The van der Waals surface area contributed by atoms with Crippen LogP contribution in [0.15, 0.2) is 48.5 Å². The number of halogens is 2. The van der Waals surface area contributed by atoms with E-state index in [0.717, 1.165) is 24.0 Å². The van der Waals surface area contributed by atoms with Gasteiger partial charge in [0, 0.05) is 23.1 Å². The highest BCUT2D eigenvalue weighted by Crippen LogP contribution is 2.31. The van der Waals surface area contributed by atoms with Gasteiger partial charge in [0.15, 0.2) is 0 Å². The van der Waals surface area contributed by atoms with E-state index in [1.165, 1.54) is 0 Å². The van der Waals surface area contributed by atoms with Crippen molar-refractivity contribution in [3.8, 4) is 0 Å². The highest BCUT2D eigenvalue weighted by atomic mass is 35.5. The second kappa shape index (κ2) is 8.22. The Balaban J connectivity index is 1.55. The van der Waals surface area contributed by atoms with Crippen LogP contribution in [0.4, 0.5) is 0 Å². The standard InChI is InChI=1S/C20H21Cl2NO2/c21-17-7-6-16(18(22)13-17)12-19(24)23-10-8-15(9-11-23)20(25)14-4-2-1-3-5-14/h1-7,13,15,20,25H,8-12H2. The summed E-state index contributed by atoms with van der Waals surface area (Å²) < 4.78 is 0. The number of rotatable bonds is 4. The van der Waals surface area contributed by atoms with Crippen LogP contribution in [0.5, 0.6) is 0 Å². The van der Waals surface area contributed by atoms with E-state index in [9.17, 15) is 9.90 Å². The molecule has 1 heterocycles. The number of piperidine rings is 1. The Bertz CT molecular complexity index is 728. The molecule has 0 saturated carbocycles. The van der Waals surface area contributed by atoms with E-state index in [2.05, 4.69) is 0 Å². The van der Waals surface area contributed by atoms with Crippen molar-refractivity contribution in [2.45, 2.75) is 25.4 Å². The summed E-state index contributed by atoms with van der Waals surface area (Å²) in [5.74, 6) is 0.252. The molecular weight excluding hydrogens is 357 g/mol. The fourth-order valence-electron chi connectivity index (χ4n) is 3.33. The molecule has 0 spiro atoms. The van der Waals surface area contributed by atoms with E-state index in [-0.39, 0.29) is 18.2 Å². The molecule has 2 aromatic rings. The van der Waals surface area contributed by atoms with Gasteiger partial charge >= 0.3 is 0 Å². The molecule has 1 atom stereocenters. The molecule has 3 rings (SSSR count). The van der Waals surface area contributed by atoms with Crippen molar-refractivity contribution in [1.29, 1.82) is 0 Å². The quantitative estimate of drug-likeness (QED) is 0.851. The Morgan fingerprint density at radius 3 is 2.44 bits per heavy atom. The first kappa shape index (κ1) is 18.2. The third-order valence-corrected chi connectivity index (χ3v) is 5.42. The lowest BCUT2D eigenvalue weighted by Gasteiger charge is -2.34. The molecule has 0 aliphatic carbocycles. The number of nitrogens with zero attached hydrogens (tertiary/aromatic N) is 1. The molecule has 1 unspecified atom stereocenters. The minimum absolute atomic E-state index is 0.0665. The topological polar surface area (TPSA) is 40.5 Å². The molecule has 3 nitrogen and oxygen atoms in total.